The molecular formula is C19H21NO2. The summed E-state index contributed by atoms with van der Waals surface area (Å²) < 4.78 is 0. The lowest BCUT2D eigenvalue weighted by Crippen LogP contribution is -2.57. The Morgan fingerprint density at radius 3 is 1.91 bits per heavy atom. The van der Waals surface area contributed by atoms with Crippen LogP contribution >= 0.6 is 0 Å². The number of aromatic hydroxyl groups is 1. The normalized spacial score (nSPS) is 30.4. The molecule has 3 saturated heterocycles. The van der Waals surface area contributed by atoms with Crippen molar-refractivity contribution in [3.8, 4) is 16.9 Å². The van der Waals surface area contributed by atoms with Crippen LogP contribution in [-0.2, 0) is 5.60 Å². The topological polar surface area (TPSA) is 43.7 Å². The van der Waals surface area contributed by atoms with E-state index in [4.69, 9.17) is 0 Å². The number of nitrogens with zero attached hydrogens (tertiary/aromatic N) is 1. The molecule has 0 radical (unpaired) electrons. The minimum absolute atomic E-state index is 0.280. The predicted molar refractivity (Wildman–Crippen MR) is 86.6 cm³/mol. The number of hydrogen-bond acceptors (Lipinski definition) is 3. The van der Waals surface area contributed by atoms with Crippen molar-refractivity contribution in [2.75, 3.05) is 19.6 Å². The quantitative estimate of drug-likeness (QED) is 0.895. The summed E-state index contributed by atoms with van der Waals surface area (Å²) in [5.74, 6) is 0.666. The van der Waals surface area contributed by atoms with E-state index >= 15 is 0 Å². The van der Waals surface area contributed by atoms with Crippen LogP contribution in [0.4, 0.5) is 0 Å². The van der Waals surface area contributed by atoms with Gasteiger partial charge in [0.25, 0.3) is 0 Å². The molecule has 5 rings (SSSR count). The van der Waals surface area contributed by atoms with Crippen molar-refractivity contribution < 1.29 is 10.2 Å². The fraction of sp³-hybridized carbons (Fsp3) is 0.368. The lowest BCUT2D eigenvalue weighted by molar-refractivity contribution is -0.117. The van der Waals surface area contributed by atoms with Gasteiger partial charge in [-0.2, -0.15) is 0 Å². The summed E-state index contributed by atoms with van der Waals surface area (Å²) in [6.07, 6.45) is 2.19. The van der Waals surface area contributed by atoms with Crippen LogP contribution in [0.2, 0.25) is 0 Å². The highest BCUT2D eigenvalue weighted by Crippen LogP contribution is 2.42. The van der Waals surface area contributed by atoms with E-state index in [0.717, 1.165) is 49.2 Å². The zero-order chi connectivity index (χ0) is 15.2. The molecule has 0 aromatic heterocycles. The maximum atomic E-state index is 11.2. The molecule has 3 heterocycles. The largest absolute Gasteiger partial charge is 0.508 e. The Labute approximate surface area is 130 Å². The number of phenols is 1. The summed E-state index contributed by atoms with van der Waals surface area (Å²) in [6, 6.07) is 15.5. The van der Waals surface area contributed by atoms with Gasteiger partial charge in [-0.25, -0.2) is 0 Å². The molecule has 2 aromatic rings. The van der Waals surface area contributed by atoms with Gasteiger partial charge in [0.1, 0.15) is 11.4 Å². The summed E-state index contributed by atoms with van der Waals surface area (Å²) >= 11 is 0. The lowest BCUT2D eigenvalue weighted by Gasteiger charge is -2.50. The number of rotatable bonds is 2. The molecule has 2 bridgehead atoms. The maximum absolute atomic E-state index is 11.2. The van der Waals surface area contributed by atoms with Gasteiger partial charge >= 0.3 is 0 Å². The van der Waals surface area contributed by atoms with Crippen molar-refractivity contribution in [2.24, 2.45) is 5.92 Å². The van der Waals surface area contributed by atoms with Gasteiger partial charge in [0.2, 0.25) is 0 Å². The average Bonchev–Trinajstić information content (AvgIpc) is 2.57. The van der Waals surface area contributed by atoms with Crippen LogP contribution in [0.3, 0.4) is 0 Å². The van der Waals surface area contributed by atoms with Gasteiger partial charge in [0.05, 0.1) is 0 Å². The first-order chi connectivity index (χ1) is 10.6. The second kappa shape index (κ2) is 5.11. The second-order valence-electron chi connectivity index (χ2n) is 6.60. The Balaban J connectivity index is 1.63. The van der Waals surface area contributed by atoms with Gasteiger partial charge in [-0.1, -0.05) is 36.4 Å². The van der Waals surface area contributed by atoms with E-state index in [1.54, 1.807) is 12.1 Å². The van der Waals surface area contributed by atoms with Gasteiger partial charge in [-0.15, -0.1) is 0 Å². The summed E-state index contributed by atoms with van der Waals surface area (Å²) in [5.41, 5.74) is 2.52. The highest BCUT2D eigenvalue weighted by atomic mass is 16.3. The van der Waals surface area contributed by atoms with Crippen LogP contribution in [0, 0.1) is 5.92 Å². The molecule has 3 heteroatoms. The Hall–Kier alpha value is -1.84. The Kier molecular flexibility index (Phi) is 3.21. The molecule has 0 saturated carbocycles. The van der Waals surface area contributed by atoms with Crippen LogP contribution in [0.25, 0.3) is 11.1 Å². The van der Waals surface area contributed by atoms with Gasteiger partial charge in [0.15, 0.2) is 0 Å². The summed E-state index contributed by atoms with van der Waals surface area (Å²) in [4.78, 5) is 2.37. The SMILES string of the molecule is Oc1ccc(-c2ccc([C@]3(O)CN4CCC3CC4)cc2)cc1. The molecule has 3 aliphatic rings. The van der Waals surface area contributed by atoms with E-state index in [1.807, 2.05) is 12.1 Å². The molecule has 0 aliphatic carbocycles. The average molecular weight is 295 g/mol. The van der Waals surface area contributed by atoms with Crippen LogP contribution in [0.15, 0.2) is 48.5 Å². The molecule has 114 valence electrons. The van der Waals surface area contributed by atoms with Crippen LogP contribution < -0.4 is 0 Å². The third kappa shape index (κ3) is 2.21. The van der Waals surface area contributed by atoms with Crippen molar-refractivity contribution in [3.05, 3.63) is 54.1 Å². The van der Waals surface area contributed by atoms with Crippen LogP contribution in [-0.4, -0.2) is 34.7 Å². The van der Waals surface area contributed by atoms with Gasteiger partial charge in [-0.05, 0) is 60.7 Å². The number of phenolic OH excluding ortho intramolecular Hbond substituents is 1. The third-order valence-corrected chi connectivity index (χ3v) is 5.31. The van der Waals surface area contributed by atoms with E-state index in [2.05, 4.69) is 29.2 Å². The summed E-state index contributed by atoms with van der Waals surface area (Å²) in [7, 11) is 0. The van der Waals surface area contributed by atoms with Gasteiger partial charge in [0, 0.05) is 6.54 Å². The van der Waals surface area contributed by atoms with Crippen LogP contribution in [0.1, 0.15) is 18.4 Å². The lowest BCUT2D eigenvalue weighted by atomic mass is 9.71. The first kappa shape index (κ1) is 13.8. The predicted octanol–water partition coefficient (Wildman–Crippen LogP) is 2.97. The Morgan fingerprint density at radius 2 is 1.41 bits per heavy atom. The first-order valence-corrected chi connectivity index (χ1v) is 8.00. The number of fused-ring (bicyclic) bond motifs is 3. The standard InChI is InChI=1S/C19H21NO2/c21-18-7-3-15(4-8-18)14-1-5-16(6-2-14)19(22)13-20-11-9-17(19)10-12-20/h1-8,17,21-22H,9-13H2/t19-/m1/s1. The Morgan fingerprint density at radius 1 is 0.864 bits per heavy atom. The zero-order valence-corrected chi connectivity index (χ0v) is 12.6. The summed E-state index contributed by atoms with van der Waals surface area (Å²) in [6.45, 7) is 3.01. The molecule has 0 unspecified atom stereocenters. The van der Waals surface area contributed by atoms with E-state index < -0.39 is 5.60 Å². The molecule has 0 spiro atoms. The highest BCUT2D eigenvalue weighted by molar-refractivity contribution is 5.64. The van der Waals surface area contributed by atoms with Crippen molar-refractivity contribution in [1.29, 1.82) is 0 Å². The third-order valence-electron chi connectivity index (χ3n) is 5.31. The minimum Gasteiger partial charge on any atom is -0.508 e. The number of aliphatic hydroxyl groups is 1. The molecule has 0 amide bonds. The molecule has 3 aliphatic heterocycles. The molecule has 3 nitrogen and oxygen atoms in total. The van der Waals surface area contributed by atoms with E-state index in [0.29, 0.717) is 5.92 Å². The number of piperidine rings is 3. The summed E-state index contributed by atoms with van der Waals surface area (Å²) in [5, 5.41) is 20.5. The number of hydrogen-bond donors (Lipinski definition) is 2. The first-order valence-electron chi connectivity index (χ1n) is 8.00. The molecular weight excluding hydrogens is 274 g/mol. The van der Waals surface area contributed by atoms with Crippen molar-refractivity contribution >= 4 is 0 Å². The minimum atomic E-state index is -0.690. The fourth-order valence-corrected chi connectivity index (χ4v) is 3.97. The molecule has 2 N–H and O–H groups in total. The zero-order valence-electron chi connectivity index (χ0n) is 12.6. The second-order valence-corrected chi connectivity index (χ2v) is 6.60. The van der Waals surface area contributed by atoms with Crippen LogP contribution in [0.5, 0.6) is 5.75 Å². The van der Waals surface area contributed by atoms with Crippen molar-refractivity contribution in [1.82, 2.24) is 4.90 Å². The highest BCUT2D eigenvalue weighted by Gasteiger charge is 2.46. The molecule has 3 fully saturated rings. The monoisotopic (exact) mass is 295 g/mol. The smallest absolute Gasteiger partial charge is 0.115 e. The van der Waals surface area contributed by atoms with Crippen molar-refractivity contribution in [2.45, 2.75) is 18.4 Å². The fourth-order valence-electron chi connectivity index (χ4n) is 3.97. The molecule has 1 atom stereocenters. The van der Waals surface area contributed by atoms with Gasteiger partial charge < -0.3 is 15.1 Å². The Bertz CT molecular complexity index is 657. The maximum Gasteiger partial charge on any atom is 0.115 e. The van der Waals surface area contributed by atoms with E-state index in [-0.39, 0.29) is 5.75 Å². The van der Waals surface area contributed by atoms with Gasteiger partial charge in [-0.3, -0.25) is 0 Å². The van der Waals surface area contributed by atoms with Crippen molar-refractivity contribution in [3.63, 3.8) is 0 Å². The molecule has 22 heavy (non-hydrogen) atoms. The van der Waals surface area contributed by atoms with E-state index in [1.165, 1.54) is 0 Å². The van der Waals surface area contributed by atoms with E-state index in [9.17, 15) is 10.2 Å². The molecule has 2 aromatic carbocycles. The number of benzene rings is 2.